The number of halogens is 1. The van der Waals surface area contributed by atoms with E-state index < -0.39 is 0 Å². The summed E-state index contributed by atoms with van der Waals surface area (Å²) in [5, 5.41) is 9.42. The van der Waals surface area contributed by atoms with Crippen molar-refractivity contribution in [3.05, 3.63) is 33.8 Å². The summed E-state index contributed by atoms with van der Waals surface area (Å²) in [5.41, 5.74) is 2.63. The summed E-state index contributed by atoms with van der Waals surface area (Å²) >= 11 is 3.69. The number of hydrogen-bond acceptors (Lipinski definition) is 2. The lowest BCUT2D eigenvalue weighted by atomic mass is 9.89. The molecule has 1 aromatic carbocycles. The number of nitrogens with zero attached hydrogens (tertiary/aromatic N) is 1. The molecule has 1 aromatic rings. The second kappa shape index (κ2) is 6.18. The highest BCUT2D eigenvalue weighted by atomic mass is 79.9. The lowest BCUT2D eigenvalue weighted by Gasteiger charge is -2.29. The maximum absolute atomic E-state index is 9.42. The SMILES string of the molecule is CC(O)Cc1ccc(C2CCN(C)CC2)c(Br)c1. The standard InChI is InChI=1S/C15H22BrNO/c1-11(18)9-12-3-4-14(15(16)10-12)13-5-7-17(2)8-6-13/h3-4,10-11,13,18H,5-9H2,1-2H3. The summed E-state index contributed by atoms with van der Waals surface area (Å²) in [6, 6.07) is 6.56. The van der Waals surface area contributed by atoms with Crippen LogP contribution in [-0.2, 0) is 6.42 Å². The van der Waals surface area contributed by atoms with Crippen LogP contribution < -0.4 is 0 Å². The molecule has 100 valence electrons. The average Bonchev–Trinajstić information content (AvgIpc) is 2.30. The van der Waals surface area contributed by atoms with Gasteiger partial charge in [-0.25, -0.2) is 0 Å². The van der Waals surface area contributed by atoms with Crippen LogP contribution in [0.4, 0.5) is 0 Å². The monoisotopic (exact) mass is 311 g/mol. The summed E-state index contributed by atoms with van der Waals surface area (Å²) in [6.45, 7) is 4.21. The van der Waals surface area contributed by atoms with Gasteiger partial charge in [0.2, 0.25) is 0 Å². The maximum atomic E-state index is 9.42. The summed E-state index contributed by atoms with van der Waals surface area (Å²) in [5.74, 6) is 0.677. The van der Waals surface area contributed by atoms with Gasteiger partial charge in [0, 0.05) is 4.47 Å². The van der Waals surface area contributed by atoms with E-state index in [9.17, 15) is 5.11 Å². The van der Waals surface area contributed by atoms with Crippen molar-refractivity contribution in [1.29, 1.82) is 0 Å². The minimum absolute atomic E-state index is 0.272. The Balaban J connectivity index is 2.09. The van der Waals surface area contributed by atoms with Crippen LogP contribution in [-0.4, -0.2) is 36.2 Å². The number of piperidine rings is 1. The Morgan fingerprint density at radius 3 is 2.61 bits per heavy atom. The van der Waals surface area contributed by atoms with E-state index in [4.69, 9.17) is 0 Å². The van der Waals surface area contributed by atoms with Gasteiger partial charge < -0.3 is 10.0 Å². The highest BCUT2D eigenvalue weighted by Crippen LogP contribution is 2.33. The van der Waals surface area contributed by atoms with Crippen molar-refractivity contribution in [1.82, 2.24) is 4.90 Å². The number of benzene rings is 1. The molecule has 1 saturated heterocycles. The van der Waals surface area contributed by atoms with Gasteiger partial charge in [-0.15, -0.1) is 0 Å². The minimum Gasteiger partial charge on any atom is -0.393 e. The van der Waals surface area contributed by atoms with Crippen molar-refractivity contribution in [2.75, 3.05) is 20.1 Å². The van der Waals surface area contributed by atoms with Gasteiger partial charge in [-0.1, -0.05) is 28.1 Å². The molecule has 0 aliphatic carbocycles. The first-order valence-electron chi connectivity index (χ1n) is 6.71. The lowest BCUT2D eigenvalue weighted by molar-refractivity contribution is 0.195. The smallest absolute Gasteiger partial charge is 0.0552 e. The van der Waals surface area contributed by atoms with Gasteiger partial charge in [0.15, 0.2) is 0 Å². The third kappa shape index (κ3) is 3.56. The molecule has 0 aromatic heterocycles. The van der Waals surface area contributed by atoms with Crippen molar-refractivity contribution in [3.8, 4) is 0 Å². The highest BCUT2D eigenvalue weighted by Gasteiger charge is 2.20. The number of hydrogen-bond donors (Lipinski definition) is 1. The molecule has 1 aliphatic rings. The van der Waals surface area contributed by atoms with Gasteiger partial charge in [-0.3, -0.25) is 0 Å². The van der Waals surface area contributed by atoms with Crippen LogP contribution in [0.3, 0.4) is 0 Å². The van der Waals surface area contributed by atoms with Crippen molar-refractivity contribution in [3.63, 3.8) is 0 Å². The van der Waals surface area contributed by atoms with E-state index in [1.54, 1.807) is 0 Å². The molecule has 0 bridgehead atoms. The van der Waals surface area contributed by atoms with Crippen molar-refractivity contribution >= 4 is 15.9 Å². The molecule has 1 fully saturated rings. The molecule has 3 heteroatoms. The molecular weight excluding hydrogens is 290 g/mol. The predicted octanol–water partition coefficient (Wildman–Crippen LogP) is 3.18. The van der Waals surface area contributed by atoms with E-state index >= 15 is 0 Å². The van der Waals surface area contributed by atoms with Crippen LogP contribution in [0.25, 0.3) is 0 Å². The van der Waals surface area contributed by atoms with Crippen molar-refractivity contribution in [2.45, 2.75) is 38.2 Å². The summed E-state index contributed by atoms with van der Waals surface area (Å²) in [6.07, 6.45) is 2.94. The molecule has 1 N–H and O–H groups in total. The Morgan fingerprint density at radius 1 is 1.39 bits per heavy atom. The van der Waals surface area contributed by atoms with Gasteiger partial charge in [0.05, 0.1) is 6.10 Å². The Bertz CT molecular complexity index is 397. The van der Waals surface area contributed by atoms with Gasteiger partial charge in [-0.2, -0.15) is 0 Å². The summed E-state index contributed by atoms with van der Waals surface area (Å²) in [7, 11) is 2.19. The topological polar surface area (TPSA) is 23.5 Å². The largest absolute Gasteiger partial charge is 0.393 e. The van der Waals surface area contributed by atoms with E-state index in [1.807, 2.05) is 6.92 Å². The Labute approximate surface area is 118 Å². The first-order chi connectivity index (χ1) is 8.56. The number of aliphatic hydroxyl groups is 1. The van der Waals surface area contributed by atoms with Crippen LogP contribution in [0.15, 0.2) is 22.7 Å². The Hall–Kier alpha value is -0.380. The molecule has 0 saturated carbocycles. The zero-order chi connectivity index (χ0) is 13.1. The van der Waals surface area contributed by atoms with Crippen LogP contribution in [0.5, 0.6) is 0 Å². The number of rotatable bonds is 3. The zero-order valence-corrected chi connectivity index (χ0v) is 12.8. The molecule has 0 amide bonds. The molecule has 18 heavy (non-hydrogen) atoms. The van der Waals surface area contributed by atoms with Crippen LogP contribution in [0, 0.1) is 0 Å². The second-order valence-electron chi connectivity index (χ2n) is 5.49. The maximum Gasteiger partial charge on any atom is 0.0552 e. The fourth-order valence-electron chi connectivity index (χ4n) is 2.69. The van der Waals surface area contributed by atoms with E-state index in [-0.39, 0.29) is 6.10 Å². The van der Waals surface area contributed by atoms with E-state index in [2.05, 4.69) is 46.1 Å². The minimum atomic E-state index is -0.272. The normalized spacial score (nSPS) is 20.0. The number of aliphatic hydroxyl groups excluding tert-OH is 1. The van der Waals surface area contributed by atoms with Gasteiger partial charge in [0.25, 0.3) is 0 Å². The van der Waals surface area contributed by atoms with Crippen LogP contribution >= 0.6 is 15.9 Å². The highest BCUT2D eigenvalue weighted by molar-refractivity contribution is 9.10. The van der Waals surface area contributed by atoms with Crippen molar-refractivity contribution < 1.29 is 5.11 Å². The lowest BCUT2D eigenvalue weighted by Crippen LogP contribution is -2.29. The first-order valence-corrected chi connectivity index (χ1v) is 7.50. The zero-order valence-electron chi connectivity index (χ0n) is 11.2. The third-order valence-corrected chi connectivity index (χ3v) is 4.44. The van der Waals surface area contributed by atoms with Crippen LogP contribution in [0.1, 0.15) is 36.8 Å². The Morgan fingerprint density at radius 2 is 2.06 bits per heavy atom. The fraction of sp³-hybridized carbons (Fsp3) is 0.600. The molecular formula is C15H22BrNO. The van der Waals surface area contributed by atoms with Gasteiger partial charge >= 0.3 is 0 Å². The third-order valence-electron chi connectivity index (χ3n) is 3.75. The molecule has 1 heterocycles. The predicted molar refractivity (Wildman–Crippen MR) is 79.0 cm³/mol. The fourth-order valence-corrected chi connectivity index (χ4v) is 3.44. The molecule has 0 radical (unpaired) electrons. The molecule has 2 rings (SSSR count). The summed E-state index contributed by atoms with van der Waals surface area (Å²) in [4.78, 5) is 2.40. The van der Waals surface area contributed by atoms with Crippen LogP contribution in [0.2, 0.25) is 0 Å². The van der Waals surface area contributed by atoms with Gasteiger partial charge in [-0.05, 0) is 69.4 Å². The first kappa shape index (κ1) is 14.0. The Kier molecular flexibility index (Phi) is 4.82. The van der Waals surface area contributed by atoms with E-state index in [0.717, 1.165) is 6.42 Å². The molecule has 2 nitrogen and oxygen atoms in total. The van der Waals surface area contributed by atoms with E-state index in [1.165, 1.54) is 41.5 Å². The van der Waals surface area contributed by atoms with E-state index in [0.29, 0.717) is 5.92 Å². The molecule has 1 aliphatic heterocycles. The number of likely N-dealkylation sites (tertiary alicyclic amines) is 1. The molecule has 0 spiro atoms. The van der Waals surface area contributed by atoms with Gasteiger partial charge in [0.1, 0.15) is 0 Å². The molecule has 1 atom stereocenters. The summed E-state index contributed by atoms with van der Waals surface area (Å²) < 4.78 is 1.20. The second-order valence-corrected chi connectivity index (χ2v) is 6.34. The average molecular weight is 312 g/mol. The quantitative estimate of drug-likeness (QED) is 0.926. The van der Waals surface area contributed by atoms with Crippen molar-refractivity contribution in [2.24, 2.45) is 0 Å². The molecule has 1 unspecified atom stereocenters.